The molecule has 30 heavy (non-hydrogen) atoms. The molecule has 2 atom stereocenters. The second-order valence-corrected chi connectivity index (χ2v) is 7.97. The van der Waals surface area contributed by atoms with E-state index in [0.29, 0.717) is 18.1 Å². The van der Waals surface area contributed by atoms with Crippen LogP contribution >= 0.6 is 12.2 Å². The van der Waals surface area contributed by atoms with Gasteiger partial charge in [-0.25, -0.2) is 0 Å². The number of aromatic nitrogens is 2. The molecule has 1 saturated heterocycles. The zero-order chi connectivity index (χ0) is 21.1. The molecule has 1 aromatic carbocycles. The van der Waals surface area contributed by atoms with Crippen LogP contribution in [0, 0.1) is 13.8 Å². The van der Waals surface area contributed by atoms with Crippen LogP contribution in [0.5, 0.6) is 0 Å². The molecule has 1 aliphatic rings. The fourth-order valence-electron chi connectivity index (χ4n) is 3.77. The fraction of sp³-hybridized carbons (Fsp3) is 0.261. The second-order valence-electron chi connectivity index (χ2n) is 7.58. The molecule has 6 nitrogen and oxygen atoms in total. The molecule has 3 N–H and O–H groups in total. The molecule has 1 fully saturated rings. The number of carbonyl (C=O) groups is 1. The predicted octanol–water partition coefficient (Wildman–Crippen LogP) is 4.03. The Balaban J connectivity index is 1.51. The maximum absolute atomic E-state index is 12.5. The Labute approximate surface area is 181 Å². The van der Waals surface area contributed by atoms with E-state index >= 15 is 0 Å². The third-order valence-electron chi connectivity index (χ3n) is 5.29. The monoisotopic (exact) mass is 419 g/mol. The predicted molar refractivity (Wildman–Crippen MR) is 122 cm³/mol. The Morgan fingerprint density at radius 1 is 1.13 bits per heavy atom. The number of rotatable bonds is 6. The van der Waals surface area contributed by atoms with Crippen molar-refractivity contribution in [3.8, 4) is 0 Å². The fourth-order valence-corrected chi connectivity index (χ4v) is 4.10. The number of hydrogen-bond donors (Lipinski definition) is 3. The molecule has 0 aliphatic carbocycles. The maximum atomic E-state index is 12.5. The summed E-state index contributed by atoms with van der Waals surface area (Å²) in [7, 11) is 0. The number of amides is 1. The molecule has 0 saturated carbocycles. The lowest BCUT2D eigenvalue weighted by molar-refractivity contribution is -0.116. The summed E-state index contributed by atoms with van der Waals surface area (Å²) in [5.74, 6) is -0.0376. The highest BCUT2D eigenvalue weighted by Crippen LogP contribution is 2.38. The van der Waals surface area contributed by atoms with Gasteiger partial charge < -0.3 is 20.5 Å². The van der Waals surface area contributed by atoms with Crippen molar-refractivity contribution in [1.29, 1.82) is 0 Å². The van der Waals surface area contributed by atoms with Crippen molar-refractivity contribution < 1.29 is 4.79 Å². The van der Waals surface area contributed by atoms with Gasteiger partial charge in [0.1, 0.15) is 0 Å². The van der Waals surface area contributed by atoms with E-state index in [1.807, 2.05) is 56.3 Å². The van der Waals surface area contributed by atoms with Gasteiger partial charge in [0.2, 0.25) is 5.91 Å². The standard InChI is InChI=1S/C23H25N5OS/c1-15-6-9-17(10-7-15)26-20(29)12-14-28-22(19-11-8-16(2)25-19)21(27-23(28)30)18-5-3-4-13-24-18/h3-11,13,21-22,25H,12,14H2,1-2H3,(H,26,29)(H,27,30)/t21-,22-/m0/s1. The largest absolute Gasteiger partial charge is 0.361 e. The number of benzene rings is 1. The summed E-state index contributed by atoms with van der Waals surface area (Å²) in [5.41, 5.74) is 5.01. The van der Waals surface area contributed by atoms with Gasteiger partial charge in [0.05, 0.1) is 17.8 Å². The van der Waals surface area contributed by atoms with E-state index in [2.05, 4.69) is 37.6 Å². The van der Waals surface area contributed by atoms with Crippen LogP contribution in [0.3, 0.4) is 0 Å². The zero-order valence-corrected chi connectivity index (χ0v) is 17.9. The van der Waals surface area contributed by atoms with Crippen LogP contribution in [0.15, 0.2) is 60.8 Å². The van der Waals surface area contributed by atoms with Crippen LogP contribution in [-0.4, -0.2) is 32.4 Å². The van der Waals surface area contributed by atoms with Crippen molar-refractivity contribution in [2.75, 3.05) is 11.9 Å². The van der Waals surface area contributed by atoms with Crippen LogP contribution in [-0.2, 0) is 4.79 Å². The van der Waals surface area contributed by atoms with E-state index in [9.17, 15) is 4.79 Å². The van der Waals surface area contributed by atoms with Crippen molar-refractivity contribution in [3.63, 3.8) is 0 Å². The van der Waals surface area contributed by atoms with Crippen LogP contribution in [0.2, 0.25) is 0 Å². The molecule has 1 amide bonds. The van der Waals surface area contributed by atoms with E-state index in [-0.39, 0.29) is 18.0 Å². The molecule has 3 heterocycles. The number of carbonyl (C=O) groups excluding carboxylic acids is 1. The molecular weight excluding hydrogens is 394 g/mol. The van der Waals surface area contributed by atoms with E-state index < -0.39 is 0 Å². The van der Waals surface area contributed by atoms with E-state index in [1.165, 1.54) is 0 Å². The molecule has 0 unspecified atom stereocenters. The number of aryl methyl sites for hydroxylation is 2. The van der Waals surface area contributed by atoms with Crippen LogP contribution in [0.4, 0.5) is 5.69 Å². The Hall–Kier alpha value is -3.19. The first-order valence-corrected chi connectivity index (χ1v) is 10.4. The number of hydrogen-bond acceptors (Lipinski definition) is 3. The molecule has 0 radical (unpaired) electrons. The topological polar surface area (TPSA) is 73.1 Å². The van der Waals surface area contributed by atoms with Crippen molar-refractivity contribution in [3.05, 3.63) is 83.4 Å². The van der Waals surface area contributed by atoms with Crippen LogP contribution in [0.25, 0.3) is 0 Å². The lowest BCUT2D eigenvalue weighted by Crippen LogP contribution is -2.32. The highest BCUT2D eigenvalue weighted by Gasteiger charge is 2.40. The second kappa shape index (κ2) is 8.67. The number of nitrogens with zero attached hydrogens (tertiary/aromatic N) is 2. The quantitative estimate of drug-likeness (QED) is 0.526. The van der Waals surface area contributed by atoms with Crippen molar-refractivity contribution in [2.45, 2.75) is 32.4 Å². The maximum Gasteiger partial charge on any atom is 0.226 e. The molecule has 1 aliphatic heterocycles. The first kappa shape index (κ1) is 20.1. The molecule has 0 bridgehead atoms. The van der Waals surface area contributed by atoms with Gasteiger partial charge in [0, 0.05) is 36.2 Å². The highest BCUT2D eigenvalue weighted by molar-refractivity contribution is 7.80. The van der Waals surface area contributed by atoms with Crippen LogP contribution < -0.4 is 10.6 Å². The van der Waals surface area contributed by atoms with Crippen LogP contribution in [0.1, 0.15) is 41.1 Å². The summed E-state index contributed by atoms with van der Waals surface area (Å²) in [6.07, 6.45) is 2.12. The lowest BCUT2D eigenvalue weighted by atomic mass is 10.0. The van der Waals surface area contributed by atoms with E-state index in [0.717, 1.165) is 28.3 Å². The van der Waals surface area contributed by atoms with Gasteiger partial charge >= 0.3 is 0 Å². The number of aromatic amines is 1. The summed E-state index contributed by atoms with van der Waals surface area (Å²) in [4.78, 5) is 22.6. The van der Waals surface area contributed by atoms with Crippen molar-refractivity contribution in [2.24, 2.45) is 0 Å². The average molecular weight is 420 g/mol. The molecule has 2 aromatic heterocycles. The molecule has 154 valence electrons. The Morgan fingerprint density at radius 3 is 2.60 bits per heavy atom. The van der Waals surface area contributed by atoms with Gasteiger partial charge in [-0.05, 0) is 62.5 Å². The number of thiocarbonyl (C=S) groups is 1. The minimum absolute atomic E-state index is 0.0376. The lowest BCUT2D eigenvalue weighted by Gasteiger charge is -2.26. The summed E-state index contributed by atoms with van der Waals surface area (Å²) in [5, 5.41) is 6.99. The van der Waals surface area contributed by atoms with Gasteiger partial charge in [-0.15, -0.1) is 0 Å². The third-order valence-corrected chi connectivity index (χ3v) is 5.64. The highest BCUT2D eigenvalue weighted by atomic mass is 32.1. The number of anilines is 1. The summed E-state index contributed by atoms with van der Waals surface area (Å²) < 4.78 is 0. The smallest absolute Gasteiger partial charge is 0.226 e. The minimum Gasteiger partial charge on any atom is -0.361 e. The number of H-pyrrole nitrogens is 1. The first-order chi connectivity index (χ1) is 14.5. The molecule has 7 heteroatoms. The van der Waals surface area contributed by atoms with Gasteiger partial charge in [0.15, 0.2) is 5.11 Å². The normalized spacial score (nSPS) is 18.3. The molecule has 0 spiro atoms. The number of nitrogens with one attached hydrogen (secondary N) is 3. The zero-order valence-electron chi connectivity index (χ0n) is 17.1. The van der Waals surface area contributed by atoms with Gasteiger partial charge in [-0.2, -0.15) is 0 Å². The SMILES string of the molecule is Cc1ccc(NC(=O)CCN2C(=S)N[C@@H](c3ccccn3)[C@@H]2c2ccc(C)[nH]2)cc1. The molecule has 3 aromatic rings. The molecular formula is C23H25N5OS. The van der Waals surface area contributed by atoms with Gasteiger partial charge in [-0.3, -0.25) is 9.78 Å². The minimum atomic E-state index is -0.0862. The third kappa shape index (κ3) is 4.36. The summed E-state index contributed by atoms with van der Waals surface area (Å²) in [6, 6.07) is 17.6. The average Bonchev–Trinajstić information content (AvgIpc) is 3.31. The van der Waals surface area contributed by atoms with E-state index in [1.54, 1.807) is 6.20 Å². The van der Waals surface area contributed by atoms with Gasteiger partial charge in [-0.1, -0.05) is 23.8 Å². The number of pyridine rings is 1. The first-order valence-electron chi connectivity index (χ1n) is 10.0. The Kier molecular flexibility index (Phi) is 5.81. The molecule has 4 rings (SSSR count). The Morgan fingerprint density at radius 2 is 1.93 bits per heavy atom. The van der Waals surface area contributed by atoms with Gasteiger partial charge in [0.25, 0.3) is 0 Å². The Bertz CT molecular complexity index is 1030. The summed E-state index contributed by atoms with van der Waals surface area (Å²) in [6.45, 7) is 4.56. The van der Waals surface area contributed by atoms with E-state index in [4.69, 9.17) is 12.2 Å². The van der Waals surface area contributed by atoms with Crippen molar-refractivity contribution in [1.82, 2.24) is 20.2 Å². The van der Waals surface area contributed by atoms with Crippen molar-refractivity contribution >= 4 is 28.9 Å². The summed E-state index contributed by atoms with van der Waals surface area (Å²) >= 11 is 5.64.